The lowest BCUT2D eigenvalue weighted by atomic mass is 10.2. The molecule has 1 aromatic heterocycles. The number of aromatic nitrogens is 4. The summed E-state index contributed by atoms with van der Waals surface area (Å²) in [4.78, 5) is 3.81. The molecule has 0 aliphatic carbocycles. The maximum absolute atomic E-state index is 8.32. The van der Waals surface area contributed by atoms with Gasteiger partial charge in [-0.05, 0) is 0 Å². The van der Waals surface area contributed by atoms with Gasteiger partial charge in [0, 0.05) is 5.92 Å². The molecule has 8 nitrogen and oxygen atoms in total. The van der Waals surface area contributed by atoms with E-state index in [1.54, 1.807) is 5.48 Å². The Hall–Kier alpha value is -1.70. The number of tetrazole rings is 1. The van der Waals surface area contributed by atoms with Gasteiger partial charge in [0.1, 0.15) is 0 Å². The molecule has 1 rings (SSSR count). The number of aromatic amines is 1. The molecule has 0 radical (unpaired) electrons. The van der Waals surface area contributed by atoms with Crippen molar-refractivity contribution in [1.82, 2.24) is 26.1 Å². The average Bonchev–Trinajstić information content (AvgIpc) is 2.66. The second-order valence-corrected chi connectivity index (χ2v) is 2.51. The lowest BCUT2D eigenvalue weighted by molar-refractivity contribution is 0.232. The van der Waals surface area contributed by atoms with Gasteiger partial charge in [-0.25, -0.2) is 5.48 Å². The maximum Gasteiger partial charge on any atom is 0.212 e. The van der Waals surface area contributed by atoms with E-state index in [1.807, 2.05) is 6.92 Å². The summed E-state index contributed by atoms with van der Waals surface area (Å²) in [6.07, 6.45) is 0. The smallest absolute Gasteiger partial charge is 0.212 e. The van der Waals surface area contributed by atoms with Crippen LogP contribution in [0.1, 0.15) is 18.7 Å². The van der Waals surface area contributed by atoms with Gasteiger partial charge in [-0.1, -0.05) is 12.1 Å². The van der Waals surface area contributed by atoms with Crippen LogP contribution in [0.2, 0.25) is 0 Å². The van der Waals surface area contributed by atoms with Crippen molar-refractivity contribution in [3.05, 3.63) is 5.82 Å². The molecule has 1 atom stereocenters. The molecule has 0 spiro atoms. The van der Waals surface area contributed by atoms with Crippen molar-refractivity contribution < 1.29 is 5.21 Å². The third-order valence-corrected chi connectivity index (χ3v) is 1.45. The first-order chi connectivity index (χ1) is 6.24. The van der Waals surface area contributed by atoms with Gasteiger partial charge in [0.05, 0.1) is 6.54 Å². The zero-order valence-corrected chi connectivity index (χ0v) is 7.10. The fraction of sp³-hybridized carbons (Fsp3) is 0.600. The van der Waals surface area contributed by atoms with Gasteiger partial charge in [0.25, 0.3) is 0 Å². The van der Waals surface area contributed by atoms with Crippen LogP contribution in [0.3, 0.4) is 0 Å². The first kappa shape index (κ1) is 9.39. The van der Waals surface area contributed by atoms with Crippen molar-refractivity contribution in [1.29, 1.82) is 0 Å². The Bertz CT molecular complexity index is 268. The second kappa shape index (κ2) is 4.36. The fourth-order valence-corrected chi connectivity index (χ4v) is 0.731. The molecule has 1 unspecified atom stereocenters. The lowest BCUT2D eigenvalue weighted by Crippen LogP contribution is -2.28. The summed E-state index contributed by atoms with van der Waals surface area (Å²) < 4.78 is 0. The van der Waals surface area contributed by atoms with Crippen LogP contribution in [0.15, 0.2) is 4.99 Å². The van der Waals surface area contributed by atoms with Gasteiger partial charge in [-0.3, -0.25) is 10.2 Å². The van der Waals surface area contributed by atoms with Crippen LogP contribution in [0.4, 0.5) is 0 Å². The Kier molecular flexibility index (Phi) is 3.15. The van der Waals surface area contributed by atoms with E-state index in [0.717, 1.165) is 0 Å². The van der Waals surface area contributed by atoms with Gasteiger partial charge < -0.3 is 5.73 Å². The number of rotatable bonds is 3. The van der Waals surface area contributed by atoms with E-state index in [9.17, 15) is 0 Å². The van der Waals surface area contributed by atoms with E-state index >= 15 is 0 Å². The van der Waals surface area contributed by atoms with E-state index < -0.39 is 0 Å². The summed E-state index contributed by atoms with van der Waals surface area (Å²) in [7, 11) is 0. The molecule has 0 aromatic carbocycles. The van der Waals surface area contributed by atoms with E-state index in [1.165, 1.54) is 0 Å². The summed E-state index contributed by atoms with van der Waals surface area (Å²) in [5.74, 6) is 0.537. The average molecular weight is 185 g/mol. The molecule has 0 bridgehead atoms. The van der Waals surface area contributed by atoms with Gasteiger partial charge >= 0.3 is 0 Å². The summed E-state index contributed by atoms with van der Waals surface area (Å²) >= 11 is 0. The standard InChI is InChI=1S/C5H11N7O/c1-3(2-7-5(6)10-13)4-8-11-12-9-4/h3,13H,2H2,1H3,(H3,6,7,10)(H,8,9,11,12). The molecule has 5 N–H and O–H groups in total. The Morgan fingerprint density at radius 2 is 2.62 bits per heavy atom. The SMILES string of the molecule is CC(CN=C(N)NO)c1nn[nH]n1. The molecule has 0 fully saturated rings. The van der Waals surface area contributed by atoms with Crippen molar-refractivity contribution in [3.63, 3.8) is 0 Å². The van der Waals surface area contributed by atoms with E-state index in [-0.39, 0.29) is 11.9 Å². The zero-order valence-electron chi connectivity index (χ0n) is 7.10. The number of nitrogens with two attached hydrogens (primary N) is 1. The van der Waals surface area contributed by atoms with Crippen LogP contribution in [-0.4, -0.2) is 38.3 Å². The lowest BCUT2D eigenvalue weighted by Gasteiger charge is -2.02. The molecule has 8 heteroatoms. The number of nitrogens with zero attached hydrogens (tertiary/aromatic N) is 4. The zero-order chi connectivity index (χ0) is 9.68. The van der Waals surface area contributed by atoms with Crippen LogP contribution >= 0.6 is 0 Å². The molecule has 1 heterocycles. The Labute approximate surface area is 74.2 Å². The highest BCUT2D eigenvalue weighted by Gasteiger charge is 2.08. The molecular formula is C5H11N7O. The van der Waals surface area contributed by atoms with Crippen LogP contribution in [0, 0.1) is 0 Å². The maximum atomic E-state index is 8.32. The molecule has 0 aliphatic rings. The Balaban J connectivity index is 2.47. The van der Waals surface area contributed by atoms with Gasteiger partial charge in [-0.2, -0.15) is 5.21 Å². The van der Waals surface area contributed by atoms with E-state index in [2.05, 4.69) is 25.6 Å². The number of hydrogen-bond donors (Lipinski definition) is 4. The van der Waals surface area contributed by atoms with Crippen LogP contribution < -0.4 is 11.2 Å². The molecule has 0 aliphatic heterocycles. The number of aliphatic imine (C=N–C) groups is 1. The molecule has 0 amide bonds. The number of guanidine groups is 1. The minimum absolute atomic E-state index is 0.00523. The molecule has 13 heavy (non-hydrogen) atoms. The monoisotopic (exact) mass is 185 g/mol. The van der Waals surface area contributed by atoms with E-state index in [4.69, 9.17) is 10.9 Å². The van der Waals surface area contributed by atoms with Gasteiger partial charge in [0.2, 0.25) is 5.96 Å². The molecular weight excluding hydrogens is 174 g/mol. The quantitative estimate of drug-likeness (QED) is 0.260. The van der Waals surface area contributed by atoms with Crippen molar-refractivity contribution in [3.8, 4) is 0 Å². The number of hydrogen-bond acceptors (Lipinski definition) is 5. The van der Waals surface area contributed by atoms with Crippen molar-refractivity contribution >= 4 is 5.96 Å². The number of nitrogens with one attached hydrogen (secondary N) is 2. The minimum Gasteiger partial charge on any atom is -0.368 e. The van der Waals surface area contributed by atoms with Gasteiger partial charge in [-0.15, -0.1) is 10.2 Å². The first-order valence-electron chi connectivity index (χ1n) is 3.67. The van der Waals surface area contributed by atoms with E-state index in [0.29, 0.717) is 12.4 Å². The van der Waals surface area contributed by atoms with Gasteiger partial charge in [0.15, 0.2) is 5.82 Å². The Morgan fingerprint density at radius 3 is 3.15 bits per heavy atom. The third-order valence-electron chi connectivity index (χ3n) is 1.45. The minimum atomic E-state index is -0.0321. The molecule has 72 valence electrons. The predicted octanol–water partition coefficient (Wildman–Crippen LogP) is -1.40. The molecule has 0 saturated heterocycles. The summed E-state index contributed by atoms with van der Waals surface area (Å²) in [6, 6.07) is 0. The van der Waals surface area contributed by atoms with Crippen LogP contribution in [0.25, 0.3) is 0 Å². The number of H-pyrrole nitrogens is 1. The normalized spacial score (nSPS) is 14.2. The highest BCUT2D eigenvalue weighted by molar-refractivity contribution is 5.76. The van der Waals surface area contributed by atoms with Crippen LogP contribution in [0.5, 0.6) is 0 Å². The predicted molar refractivity (Wildman–Crippen MR) is 44.0 cm³/mol. The summed E-state index contributed by atoms with van der Waals surface area (Å²) in [5, 5.41) is 21.6. The fourth-order valence-electron chi connectivity index (χ4n) is 0.731. The highest BCUT2D eigenvalue weighted by Crippen LogP contribution is 2.07. The van der Waals surface area contributed by atoms with Crippen molar-refractivity contribution in [2.24, 2.45) is 10.7 Å². The molecule has 0 saturated carbocycles. The second-order valence-electron chi connectivity index (χ2n) is 2.51. The largest absolute Gasteiger partial charge is 0.368 e. The van der Waals surface area contributed by atoms with Crippen molar-refractivity contribution in [2.45, 2.75) is 12.8 Å². The Morgan fingerprint density at radius 1 is 1.85 bits per heavy atom. The third kappa shape index (κ3) is 2.67. The number of hydroxylamine groups is 1. The van der Waals surface area contributed by atoms with Crippen LogP contribution in [-0.2, 0) is 0 Å². The van der Waals surface area contributed by atoms with Crippen molar-refractivity contribution in [2.75, 3.05) is 6.54 Å². The first-order valence-corrected chi connectivity index (χ1v) is 3.67. The highest BCUT2D eigenvalue weighted by atomic mass is 16.5. The summed E-state index contributed by atoms with van der Waals surface area (Å²) in [5.41, 5.74) is 6.93. The topological polar surface area (TPSA) is 125 Å². The molecule has 1 aromatic rings. The summed E-state index contributed by atoms with van der Waals surface area (Å²) in [6.45, 7) is 2.26.